The third kappa shape index (κ3) is 1.73. The smallest absolute Gasteiger partial charge is 0.302 e. The molecule has 0 N–H and O–H groups in total. The van der Waals surface area contributed by atoms with E-state index in [0.717, 1.165) is 11.1 Å². The van der Waals surface area contributed by atoms with Crippen molar-refractivity contribution < 1.29 is 14.3 Å². The summed E-state index contributed by atoms with van der Waals surface area (Å²) < 4.78 is 4.97. The van der Waals surface area contributed by atoms with Crippen molar-refractivity contribution in [2.75, 3.05) is 6.61 Å². The van der Waals surface area contributed by atoms with Crippen LogP contribution in [0.25, 0.3) is 0 Å². The molecule has 1 aromatic carbocycles. The average Bonchev–Trinajstić information content (AvgIpc) is 2.50. The lowest BCUT2D eigenvalue weighted by Gasteiger charge is -2.20. The highest BCUT2D eigenvalue weighted by atomic mass is 16.5. The first kappa shape index (κ1) is 10.9. The lowest BCUT2D eigenvalue weighted by Crippen LogP contribution is -2.30. The summed E-state index contributed by atoms with van der Waals surface area (Å²) in [6.07, 6.45) is 0.648. The first-order chi connectivity index (χ1) is 7.53. The van der Waals surface area contributed by atoms with Gasteiger partial charge in [-0.3, -0.25) is 9.59 Å². The van der Waals surface area contributed by atoms with Crippen LogP contribution in [0.4, 0.5) is 0 Å². The minimum atomic E-state index is -0.588. The van der Waals surface area contributed by atoms with Gasteiger partial charge in [0.05, 0.1) is 5.41 Å². The van der Waals surface area contributed by atoms with Crippen LogP contribution in [-0.2, 0) is 16.0 Å². The average molecular weight is 218 g/mol. The van der Waals surface area contributed by atoms with Crippen LogP contribution >= 0.6 is 0 Å². The van der Waals surface area contributed by atoms with Gasteiger partial charge in [0.25, 0.3) is 0 Å². The molecule has 1 atom stereocenters. The Labute approximate surface area is 94.4 Å². The lowest BCUT2D eigenvalue weighted by molar-refractivity contribution is -0.143. The number of ketones is 1. The molecular formula is C13H14O3. The molecular weight excluding hydrogens is 204 g/mol. The zero-order valence-corrected chi connectivity index (χ0v) is 9.45. The number of hydrogen-bond acceptors (Lipinski definition) is 3. The molecule has 1 aromatic rings. The minimum absolute atomic E-state index is 0.0735. The van der Waals surface area contributed by atoms with E-state index in [2.05, 4.69) is 0 Å². The Bertz CT molecular complexity index is 450. The second-order valence-electron chi connectivity index (χ2n) is 4.50. The van der Waals surface area contributed by atoms with Gasteiger partial charge in [-0.25, -0.2) is 0 Å². The number of ether oxygens (including phenoxy) is 1. The van der Waals surface area contributed by atoms with Gasteiger partial charge in [-0.15, -0.1) is 0 Å². The highest BCUT2D eigenvalue weighted by Gasteiger charge is 2.42. The topological polar surface area (TPSA) is 43.4 Å². The molecule has 3 heteroatoms. The Kier molecular flexibility index (Phi) is 2.54. The Hall–Kier alpha value is -1.64. The van der Waals surface area contributed by atoms with Crippen LogP contribution in [0.2, 0.25) is 0 Å². The molecule has 0 saturated carbocycles. The maximum Gasteiger partial charge on any atom is 0.302 e. The lowest BCUT2D eigenvalue weighted by atomic mass is 9.87. The monoisotopic (exact) mass is 218 g/mol. The van der Waals surface area contributed by atoms with Crippen molar-refractivity contribution in [2.24, 2.45) is 5.41 Å². The second-order valence-corrected chi connectivity index (χ2v) is 4.50. The van der Waals surface area contributed by atoms with Crippen molar-refractivity contribution in [3.05, 3.63) is 35.4 Å². The number of hydrogen-bond donors (Lipinski definition) is 0. The Balaban J connectivity index is 2.23. The van der Waals surface area contributed by atoms with E-state index in [9.17, 15) is 9.59 Å². The number of carbonyl (C=O) groups excluding carboxylic acids is 2. The fraction of sp³-hybridized carbons (Fsp3) is 0.385. The van der Waals surface area contributed by atoms with Crippen molar-refractivity contribution in [1.82, 2.24) is 0 Å². The van der Waals surface area contributed by atoms with Gasteiger partial charge in [0.2, 0.25) is 0 Å². The van der Waals surface area contributed by atoms with Crippen LogP contribution in [0.15, 0.2) is 24.3 Å². The molecule has 84 valence electrons. The number of fused-ring (bicyclic) bond motifs is 1. The zero-order chi connectivity index (χ0) is 11.8. The highest BCUT2D eigenvalue weighted by molar-refractivity contribution is 6.04. The normalized spacial score (nSPS) is 23.0. The largest absolute Gasteiger partial charge is 0.465 e. The molecule has 0 spiro atoms. The van der Waals surface area contributed by atoms with Crippen molar-refractivity contribution in [3.63, 3.8) is 0 Å². The van der Waals surface area contributed by atoms with Gasteiger partial charge in [-0.1, -0.05) is 24.3 Å². The molecule has 0 saturated heterocycles. The van der Waals surface area contributed by atoms with Crippen molar-refractivity contribution in [1.29, 1.82) is 0 Å². The molecule has 16 heavy (non-hydrogen) atoms. The van der Waals surface area contributed by atoms with E-state index in [1.54, 1.807) is 0 Å². The van der Waals surface area contributed by atoms with E-state index >= 15 is 0 Å². The molecule has 0 aliphatic heterocycles. The molecule has 2 rings (SSSR count). The molecule has 0 amide bonds. The van der Waals surface area contributed by atoms with E-state index in [1.165, 1.54) is 6.92 Å². The van der Waals surface area contributed by atoms with Crippen molar-refractivity contribution in [3.8, 4) is 0 Å². The van der Waals surface area contributed by atoms with Crippen molar-refractivity contribution in [2.45, 2.75) is 20.3 Å². The van der Waals surface area contributed by atoms with Crippen LogP contribution in [-0.4, -0.2) is 18.4 Å². The summed E-state index contributed by atoms with van der Waals surface area (Å²) in [6, 6.07) is 7.56. The molecule has 0 aromatic heterocycles. The third-order valence-corrected chi connectivity index (χ3v) is 2.98. The summed E-state index contributed by atoms with van der Waals surface area (Å²) in [6.45, 7) is 3.37. The number of esters is 1. The van der Waals surface area contributed by atoms with Gasteiger partial charge in [-0.2, -0.15) is 0 Å². The maximum absolute atomic E-state index is 12.1. The van der Waals surface area contributed by atoms with Crippen LogP contribution < -0.4 is 0 Å². The van der Waals surface area contributed by atoms with Gasteiger partial charge in [0.1, 0.15) is 6.61 Å². The van der Waals surface area contributed by atoms with Gasteiger partial charge < -0.3 is 4.74 Å². The first-order valence-electron chi connectivity index (χ1n) is 5.29. The summed E-state index contributed by atoms with van der Waals surface area (Å²) in [5.41, 5.74) is 1.22. The van der Waals surface area contributed by atoms with E-state index in [-0.39, 0.29) is 18.4 Å². The molecule has 1 aliphatic rings. The molecule has 0 fully saturated rings. The SMILES string of the molecule is CC(=O)OCC1(C)Cc2ccccc2C1=O. The van der Waals surface area contributed by atoms with Crippen LogP contribution in [0.1, 0.15) is 29.8 Å². The van der Waals surface area contributed by atoms with E-state index in [0.29, 0.717) is 6.42 Å². The summed E-state index contributed by atoms with van der Waals surface area (Å²) in [4.78, 5) is 22.9. The Morgan fingerprint density at radius 2 is 2.12 bits per heavy atom. The van der Waals surface area contributed by atoms with Crippen LogP contribution in [0.3, 0.4) is 0 Å². The van der Waals surface area contributed by atoms with Crippen LogP contribution in [0.5, 0.6) is 0 Å². The molecule has 3 nitrogen and oxygen atoms in total. The predicted octanol–water partition coefficient (Wildman–Crippen LogP) is 1.99. The van der Waals surface area contributed by atoms with E-state index in [4.69, 9.17) is 4.74 Å². The Morgan fingerprint density at radius 1 is 1.44 bits per heavy atom. The quantitative estimate of drug-likeness (QED) is 0.713. The molecule has 1 unspecified atom stereocenters. The van der Waals surface area contributed by atoms with E-state index < -0.39 is 5.41 Å². The number of carbonyl (C=O) groups is 2. The van der Waals surface area contributed by atoms with Crippen molar-refractivity contribution >= 4 is 11.8 Å². The first-order valence-corrected chi connectivity index (χ1v) is 5.29. The van der Waals surface area contributed by atoms with Gasteiger partial charge in [0, 0.05) is 12.5 Å². The highest BCUT2D eigenvalue weighted by Crippen LogP contribution is 2.36. The molecule has 0 heterocycles. The Morgan fingerprint density at radius 3 is 2.75 bits per heavy atom. The summed E-state index contributed by atoms with van der Waals surface area (Å²) in [5.74, 6) is -0.269. The second kappa shape index (κ2) is 3.74. The summed E-state index contributed by atoms with van der Waals surface area (Å²) in [7, 11) is 0. The van der Waals surface area contributed by atoms with Gasteiger partial charge in [-0.05, 0) is 18.9 Å². The summed E-state index contributed by atoms with van der Waals surface area (Å²) in [5, 5.41) is 0. The third-order valence-electron chi connectivity index (χ3n) is 2.98. The van der Waals surface area contributed by atoms with Gasteiger partial charge in [0.15, 0.2) is 5.78 Å². The standard InChI is InChI=1S/C13H14O3/c1-9(14)16-8-13(2)7-10-5-3-4-6-11(10)12(13)15/h3-6H,7-8H2,1-2H3. The minimum Gasteiger partial charge on any atom is -0.465 e. The van der Waals surface area contributed by atoms with Gasteiger partial charge >= 0.3 is 5.97 Å². The molecule has 0 bridgehead atoms. The maximum atomic E-state index is 12.1. The molecule has 0 radical (unpaired) electrons. The van der Waals surface area contributed by atoms with E-state index in [1.807, 2.05) is 31.2 Å². The summed E-state index contributed by atoms with van der Waals surface area (Å²) >= 11 is 0. The zero-order valence-electron chi connectivity index (χ0n) is 9.45. The fourth-order valence-electron chi connectivity index (χ4n) is 2.10. The number of benzene rings is 1. The van der Waals surface area contributed by atoms with Crippen LogP contribution in [0, 0.1) is 5.41 Å². The molecule has 1 aliphatic carbocycles. The number of rotatable bonds is 2. The predicted molar refractivity (Wildman–Crippen MR) is 59.2 cm³/mol. The number of Topliss-reactive ketones (excluding diaryl/α,β-unsaturated/α-hetero) is 1. The fourth-order valence-corrected chi connectivity index (χ4v) is 2.10.